The molecule has 0 aliphatic carbocycles. The molecule has 0 aliphatic heterocycles. The summed E-state index contributed by atoms with van der Waals surface area (Å²) in [4.78, 5) is 13.1. The first kappa shape index (κ1) is 58.2. The van der Waals surface area contributed by atoms with E-state index in [1.807, 2.05) is 0 Å². The summed E-state index contributed by atoms with van der Waals surface area (Å²) in [5.41, 5.74) is 0.204. The van der Waals surface area contributed by atoms with E-state index < -0.39 is 76.4 Å². The third kappa shape index (κ3) is 14.1. The molecule has 0 saturated carbocycles. The maximum Gasteiger partial charge on any atom is 0.460 e. The second-order valence-electron chi connectivity index (χ2n) is 17.2. The lowest BCUT2D eigenvalue weighted by Gasteiger charge is -2.42. The molecule has 2 rings (SSSR count). The van der Waals surface area contributed by atoms with Crippen molar-refractivity contribution in [1.29, 1.82) is 0 Å². The van der Waals surface area contributed by atoms with Crippen molar-refractivity contribution in [2.24, 2.45) is 0 Å². The molecular weight excluding hydrogens is 928 g/mol. The fourth-order valence-electron chi connectivity index (χ4n) is 6.78. The molecule has 1 atom stereocenters. The van der Waals surface area contributed by atoms with Gasteiger partial charge in [-0.25, -0.2) is 0 Å². The number of thioether (sulfide) groups is 1. The summed E-state index contributed by atoms with van der Waals surface area (Å²) in [6, 6.07) is 11.7. The average molecular weight is 985 g/mol. The van der Waals surface area contributed by atoms with E-state index >= 15 is 0 Å². The van der Waals surface area contributed by atoms with Crippen molar-refractivity contribution in [2.75, 3.05) is 5.75 Å². The van der Waals surface area contributed by atoms with Crippen LogP contribution in [0.3, 0.4) is 0 Å². The van der Waals surface area contributed by atoms with Crippen molar-refractivity contribution < 1.29 is 84.2 Å². The lowest BCUT2D eigenvalue weighted by molar-refractivity contribution is -0.461. The van der Waals surface area contributed by atoms with E-state index in [1.165, 1.54) is 93.8 Å². The zero-order valence-electron chi connectivity index (χ0n) is 36.6. The predicted molar refractivity (Wildman–Crippen MR) is 216 cm³/mol. The van der Waals surface area contributed by atoms with Gasteiger partial charge in [0.15, 0.2) is 0 Å². The first-order valence-corrected chi connectivity index (χ1v) is 22.5. The Morgan fingerprint density at radius 1 is 0.538 bits per heavy atom. The number of rotatable bonds is 29. The third-order valence-corrected chi connectivity index (χ3v) is 12.3. The van der Waals surface area contributed by atoms with Gasteiger partial charge in [0, 0.05) is 24.2 Å². The van der Waals surface area contributed by atoms with Crippen LogP contribution in [0.1, 0.15) is 159 Å². The molecule has 65 heavy (non-hydrogen) atoms. The number of esters is 1. The lowest BCUT2D eigenvalue weighted by atomic mass is 9.85. The van der Waals surface area contributed by atoms with Gasteiger partial charge in [-0.1, -0.05) is 160 Å². The molecule has 2 aromatic rings. The summed E-state index contributed by atoms with van der Waals surface area (Å²) in [7, 11) is 0. The summed E-state index contributed by atoms with van der Waals surface area (Å²) >= 11 is 0.275. The van der Waals surface area contributed by atoms with Crippen molar-refractivity contribution in [3.05, 3.63) is 65.2 Å². The SMILES string of the molecule is CCCCCCCCCCCCCCCCCC(=O)Oc1ccc(C(C)(C)C)cc1C(SCCC(F)(F)C(F)(F)C(F)(F)C(F)(F)C(F)(F)C(F)(F)C(F)(F)C(F)(F)F)c1ccccc1. The van der Waals surface area contributed by atoms with E-state index in [4.69, 9.17) is 4.74 Å². The second kappa shape index (κ2) is 23.4. The minimum Gasteiger partial charge on any atom is -0.426 e. The highest BCUT2D eigenvalue weighted by Crippen LogP contribution is 2.64. The number of hydrogen-bond donors (Lipinski definition) is 0. The van der Waals surface area contributed by atoms with Gasteiger partial charge in [0.2, 0.25) is 0 Å². The Balaban J connectivity index is 2.25. The number of ether oxygens (including phenoxy) is 1. The number of unbranched alkanes of at least 4 members (excludes halogenated alkanes) is 14. The van der Waals surface area contributed by atoms with Gasteiger partial charge in [0.25, 0.3) is 0 Å². The van der Waals surface area contributed by atoms with Crippen molar-refractivity contribution >= 4 is 17.7 Å². The zero-order chi connectivity index (χ0) is 49.8. The topological polar surface area (TPSA) is 26.3 Å². The van der Waals surface area contributed by atoms with Gasteiger partial charge in [0.05, 0.1) is 5.25 Å². The van der Waals surface area contributed by atoms with Crippen molar-refractivity contribution in [3.8, 4) is 5.75 Å². The third-order valence-electron chi connectivity index (χ3n) is 11.0. The molecule has 2 aromatic carbocycles. The maximum atomic E-state index is 15.0. The van der Waals surface area contributed by atoms with Crippen LogP contribution in [-0.2, 0) is 10.2 Å². The first-order valence-electron chi connectivity index (χ1n) is 21.5. The van der Waals surface area contributed by atoms with Gasteiger partial charge >= 0.3 is 53.6 Å². The smallest absolute Gasteiger partial charge is 0.426 e. The number of benzene rings is 2. The summed E-state index contributed by atoms with van der Waals surface area (Å²) in [5.74, 6) is -59.0. The van der Waals surface area contributed by atoms with Crippen LogP contribution in [0.2, 0.25) is 0 Å². The number of halogens is 17. The minimum atomic E-state index is -8.69. The van der Waals surface area contributed by atoms with Gasteiger partial charge in [-0.2, -0.15) is 74.6 Å². The molecule has 1 unspecified atom stereocenters. The van der Waals surface area contributed by atoms with Crippen LogP contribution in [0, 0.1) is 0 Å². The van der Waals surface area contributed by atoms with Crippen molar-refractivity contribution in [2.45, 2.75) is 195 Å². The molecule has 374 valence electrons. The van der Waals surface area contributed by atoms with Crippen LogP contribution < -0.4 is 4.74 Å². The van der Waals surface area contributed by atoms with Crippen molar-refractivity contribution in [1.82, 2.24) is 0 Å². The molecule has 0 amide bonds. The van der Waals surface area contributed by atoms with E-state index in [9.17, 15) is 79.4 Å². The Morgan fingerprint density at radius 2 is 0.954 bits per heavy atom. The normalized spacial score (nSPS) is 14.5. The maximum absolute atomic E-state index is 15.0. The Labute approximate surface area is 373 Å². The second-order valence-corrected chi connectivity index (χ2v) is 18.4. The Hall–Kier alpha value is -2.93. The number of alkyl halides is 17. The Morgan fingerprint density at radius 3 is 1.38 bits per heavy atom. The highest BCUT2D eigenvalue weighted by Gasteiger charge is 2.95. The molecule has 0 radical (unpaired) electrons. The van der Waals surface area contributed by atoms with Crippen LogP contribution in [-0.4, -0.2) is 59.4 Å². The molecule has 0 spiro atoms. The minimum absolute atomic E-state index is 0.0408. The van der Waals surface area contributed by atoms with Crippen molar-refractivity contribution in [3.63, 3.8) is 0 Å². The molecule has 2 nitrogen and oxygen atoms in total. The van der Waals surface area contributed by atoms with Crippen LogP contribution in [0.5, 0.6) is 5.75 Å². The van der Waals surface area contributed by atoms with E-state index in [-0.39, 0.29) is 35.1 Å². The van der Waals surface area contributed by atoms with Crippen LogP contribution >= 0.6 is 11.8 Å². The van der Waals surface area contributed by atoms with E-state index in [1.54, 1.807) is 26.8 Å². The lowest BCUT2D eigenvalue weighted by Crippen LogP contribution is -2.74. The fraction of sp³-hybridized carbons (Fsp3) is 0.711. The quantitative estimate of drug-likeness (QED) is 0.0352. The molecule has 0 fully saturated rings. The zero-order valence-corrected chi connectivity index (χ0v) is 37.4. The van der Waals surface area contributed by atoms with E-state index in [0.717, 1.165) is 32.1 Å². The Kier molecular flexibility index (Phi) is 20.9. The molecule has 0 bridgehead atoms. The number of hydrogen-bond acceptors (Lipinski definition) is 3. The van der Waals surface area contributed by atoms with Gasteiger partial charge < -0.3 is 4.74 Å². The van der Waals surface area contributed by atoms with Gasteiger partial charge in [-0.3, -0.25) is 4.79 Å². The molecule has 0 saturated heterocycles. The summed E-state index contributed by atoms with van der Waals surface area (Å²) in [6.07, 6.45) is 5.78. The molecule has 0 aromatic heterocycles. The molecule has 0 heterocycles. The van der Waals surface area contributed by atoms with Crippen LogP contribution in [0.4, 0.5) is 74.6 Å². The summed E-state index contributed by atoms with van der Waals surface area (Å²) in [5, 5.41) is -1.29. The van der Waals surface area contributed by atoms with Gasteiger partial charge in [-0.15, -0.1) is 11.8 Å². The van der Waals surface area contributed by atoms with Crippen LogP contribution in [0.15, 0.2) is 48.5 Å². The van der Waals surface area contributed by atoms with E-state index in [2.05, 4.69) is 6.92 Å². The molecule has 20 heteroatoms. The average Bonchev–Trinajstić information content (AvgIpc) is 3.20. The number of carbonyl (C=O) groups excluding carboxylic acids is 1. The largest absolute Gasteiger partial charge is 0.460 e. The molecular formula is C45H57F17O2S. The Bertz CT molecular complexity index is 1740. The number of carbonyl (C=O) groups is 1. The summed E-state index contributed by atoms with van der Waals surface area (Å²) in [6.45, 7) is 7.48. The summed E-state index contributed by atoms with van der Waals surface area (Å²) < 4.78 is 242. The monoisotopic (exact) mass is 984 g/mol. The van der Waals surface area contributed by atoms with Crippen LogP contribution in [0.25, 0.3) is 0 Å². The van der Waals surface area contributed by atoms with E-state index in [0.29, 0.717) is 18.4 Å². The highest BCUT2D eigenvalue weighted by atomic mass is 32.2. The van der Waals surface area contributed by atoms with Gasteiger partial charge in [-0.05, 0) is 29.0 Å². The molecule has 0 N–H and O–H groups in total. The molecule has 0 aliphatic rings. The highest BCUT2D eigenvalue weighted by molar-refractivity contribution is 7.99. The fourth-order valence-corrected chi connectivity index (χ4v) is 8.10. The van der Waals surface area contributed by atoms with Gasteiger partial charge in [0.1, 0.15) is 5.75 Å². The first-order chi connectivity index (χ1) is 29.8. The standard InChI is InChI=1S/C45H57F17O2S/c1-5-6-7-8-9-10-11-12-13-14-15-16-17-18-22-25-35(63)64-34-27-26-32(37(2,3)4)30-33(34)36(31-23-20-19-21-24-31)65-29-28-38(46,47)39(48,49)40(50,51)41(52,53)42(54,55)43(56,57)44(58,59)45(60,61)62/h19-21,23-24,26-27,30,36H,5-18,22,25,28-29H2,1-4H3. The predicted octanol–water partition coefficient (Wildman–Crippen LogP) is 17.4.